The van der Waals surface area contributed by atoms with E-state index in [2.05, 4.69) is 13.7 Å². The Morgan fingerprint density at radius 3 is 2.74 bits per heavy atom. The number of hydrogen-bond acceptors (Lipinski definition) is 5. The third-order valence-electron chi connectivity index (χ3n) is 3.75. The summed E-state index contributed by atoms with van der Waals surface area (Å²) < 4.78 is 36.0. The molecule has 0 saturated carbocycles. The van der Waals surface area contributed by atoms with Crippen molar-refractivity contribution in [3.63, 3.8) is 0 Å². The number of rotatable bonds is 5. The van der Waals surface area contributed by atoms with E-state index in [1.54, 1.807) is 36.7 Å². The van der Waals surface area contributed by atoms with E-state index in [4.69, 9.17) is 0 Å². The smallest absolute Gasteiger partial charge is 0.245 e. The van der Waals surface area contributed by atoms with Gasteiger partial charge in [-0.15, -0.1) is 0 Å². The highest BCUT2D eigenvalue weighted by atomic mass is 32.2. The summed E-state index contributed by atoms with van der Waals surface area (Å²) >= 11 is 1.01. The lowest BCUT2D eigenvalue weighted by atomic mass is 10.1. The summed E-state index contributed by atoms with van der Waals surface area (Å²) in [7, 11) is -3.69. The standard InChI is InChI=1S/C15H16N4O2S2/c1-3-19(11(2)12-6-5-9-16-10-12)23(20,21)14-8-4-7-13-15(14)18-22-17-13/h4-11H,3H2,1-2H3/t11-/m1/s1. The van der Waals surface area contributed by atoms with Crippen LogP contribution in [-0.4, -0.2) is 24.3 Å². The van der Waals surface area contributed by atoms with Crippen molar-refractivity contribution in [1.29, 1.82) is 0 Å². The normalized spacial score (nSPS) is 14.6. The average Bonchev–Trinajstić information content (AvgIpc) is 3.04. The van der Waals surface area contributed by atoms with Crippen molar-refractivity contribution in [2.75, 3.05) is 6.54 Å². The van der Waals surface area contributed by atoms with Gasteiger partial charge in [-0.2, -0.15) is 13.0 Å². The molecular weight excluding hydrogens is 332 g/mol. The van der Waals surface area contributed by atoms with Crippen molar-refractivity contribution in [2.24, 2.45) is 8.73 Å². The molecule has 0 saturated heterocycles. The van der Waals surface area contributed by atoms with Crippen LogP contribution in [0.1, 0.15) is 25.5 Å². The van der Waals surface area contributed by atoms with Gasteiger partial charge in [0, 0.05) is 25.0 Å². The highest BCUT2D eigenvalue weighted by molar-refractivity contribution is 7.89. The fourth-order valence-electron chi connectivity index (χ4n) is 2.56. The molecule has 1 aromatic carbocycles. The molecule has 1 aliphatic rings. The Kier molecular flexibility index (Phi) is 4.38. The Hall–Kier alpha value is -1.90. The van der Waals surface area contributed by atoms with Gasteiger partial charge in [-0.05, 0) is 30.7 Å². The van der Waals surface area contributed by atoms with E-state index in [-0.39, 0.29) is 10.9 Å². The van der Waals surface area contributed by atoms with E-state index in [0.717, 1.165) is 16.9 Å². The van der Waals surface area contributed by atoms with Crippen molar-refractivity contribution in [1.82, 2.24) is 9.29 Å². The van der Waals surface area contributed by atoms with Crippen molar-refractivity contribution >= 4 is 32.8 Å². The largest absolute Gasteiger partial charge is 0.264 e. The lowest BCUT2D eigenvalue weighted by Gasteiger charge is -2.27. The summed E-state index contributed by atoms with van der Waals surface area (Å²) in [5.74, 6) is 0. The van der Waals surface area contributed by atoms with Crippen LogP contribution < -0.4 is 0 Å². The molecule has 0 radical (unpaired) electrons. The van der Waals surface area contributed by atoms with Gasteiger partial charge < -0.3 is 0 Å². The van der Waals surface area contributed by atoms with Gasteiger partial charge in [0.15, 0.2) is 0 Å². The van der Waals surface area contributed by atoms with Gasteiger partial charge in [0.2, 0.25) is 10.0 Å². The summed E-state index contributed by atoms with van der Waals surface area (Å²) in [5, 5.41) is 0. The number of nitrogens with zero attached hydrogens (tertiary/aromatic N) is 4. The Morgan fingerprint density at radius 2 is 2.04 bits per heavy atom. The van der Waals surface area contributed by atoms with Crippen LogP contribution in [0.25, 0.3) is 0 Å². The third kappa shape index (κ3) is 2.85. The summed E-state index contributed by atoms with van der Waals surface area (Å²) in [6.07, 6.45) is 3.36. The zero-order valence-electron chi connectivity index (χ0n) is 12.7. The first-order valence-electron chi connectivity index (χ1n) is 7.18. The van der Waals surface area contributed by atoms with Gasteiger partial charge in [-0.1, -0.05) is 19.1 Å². The van der Waals surface area contributed by atoms with Gasteiger partial charge in [-0.3, -0.25) is 4.98 Å². The fourth-order valence-corrected chi connectivity index (χ4v) is 4.94. The second-order valence-corrected chi connectivity index (χ2v) is 7.45. The predicted molar refractivity (Wildman–Crippen MR) is 90.2 cm³/mol. The maximum absolute atomic E-state index is 13.1. The second kappa shape index (κ2) is 6.31. The Bertz CT molecular complexity index is 891. The van der Waals surface area contributed by atoms with E-state index in [1.807, 2.05) is 19.9 Å². The SMILES string of the molecule is CCN([C@H](C)c1cccnc1)S(=O)(=O)c1cccc2c1N=S=N2. The number of hydrogen-bond donors (Lipinski definition) is 0. The monoisotopic (exact) mass is 348 g/mol. The molecule has 0 amide bonds. The molecule has 120 valence electrons. The van der Waals surface area contributed by atoms with Crippen LogP contribution in [-0.2, 0) is 21.4 Å². The molecule has 8 heteroatoms. The number of sulfonamides is 1. The summed E-state index contributed by atoms with van der Waals surface area (Å²) in [6.45, 7) is 4.04. The third-order valence-corrected chi connectivity index (χ3v) is 6.37. The molecule has 2 aromatic rings. The molecule has 1 aromatic heterocycles. The molecule has 0 spiro atoms. The Balaban J connectivity index is 2.05. The lowest BCUT2D eigenvalue weighted by molar-refractivity contribution is 0.356. The molecule has 0 unspecified atom stereocenters. The topological polar surface area (TPSA) is 75.0 Å². The van der Waals surface area contributed by atoms with Crippen LogP contribution in [0, 0.1) is 0 Å². The predicted octanol–water partition coefficient (Wildman–Crippen LogP) is 3.58. The number of benzene rings is 1. The number of aromatic nitrogens is 1. The van der Waals surface area contributed by atoms with E-state index in [1.165, 1.54) is 4.31 Å². The molecule has 1 aliphatic heterocycles. The zero-order chi connectivity index (χ0) is 16.4. The van der Waals surface area contributed by atoms with Gasteiger partial charge in [-0.25, -0.2) is 8.42 Å². The summed E-state index contributed by atoms with van der Waals surface area (Å²) in [5.41, 5.74) is 1.87. The quantitative estimate of drug-likeness (QED) is 0.707. The van der Waals surface area contributed by atoms with Crippen LogP contribution in [0.3, 0.4) is 0 Å². The molecule has 0 aliphatic carbocycles. The first-order chi connectivity index (χ1) is 11.1. The number of fused-ring (bicyclic) bond motifs is 1. The minimum atomic E-state index is -3.69. The molecule has 2 heterocycles. The molecular formula is C15H16N4O2S2. The van der Waals surface area contributed by atoms with Crippen LogP contribution in [0.5, 0.6) is 0 Å². The van der Waals surface area contributed by atoms with Gasteiger partial charge >= 0.3 is 0 Å². The molecule has 1 atom stereocenters. The van der Waals surface area contributed by atoms with Crippen molar-refractivity contribution in [2.45, 2.75) is 24.8 Å². The highest BCUT2D eigenvalue weighted by Gasteiger charge is 2.32. The molecule has 0 fully saturated rings. The van der Waals surface area contributed by atoms with Crippen molar-refractivity contribution in [3.05, 3.63) is 48.3 Å². The second-order valence-electron chi connectivity index (χ2n) is 5.06. The van der Waals surface area contributed by atoms with Crippen LogP contribution in [0.15, 0.2) is 56.3 Å². The van der Waals surface area contributed by atoms with Gasteiger partial charge in [0.1, 0.15) is 16.3 Å². The van der Waals surface area contributed by atoms with E-state index in [9.17, 15) is 8.42 Å². The van der Waals surface area contributed by atoms with Crippen molar-refractivity contribution in [3.8, 4) is 0 Å². The molecule has 23 heavy (non-hydrogen) atoms. The van der Waals surface area contributed by atoms with Gasteiger partial charge in [0.05, 0.1) is 11.4 Å². The van der Waals surface area contributed by atoms with Crippen LogP contribution >= 0.6 is 0 Å². The maximum atomic E-state index is 13.1. The highest BCUT2D eigenvalue weighted by Crippen LogP contribution is 2.39. The maximum Gasteiger partial charge on any atom is 0.245 e. The number of pyridine rings is 1. The first kappa shape index (κ1) is 16.0. The Labute approximate surface area is 139 Å². The molecule has 6 nitrogen and oxygen atoms in total. The minimum absolute atomic E-state index is 0.196. The summed E-state index contributed by atoms with van der Waals surface area (Å²) in [6, 6.07) is 8.40. The van der Waals surface area contributed by atoms with E-state index in [0.29, 0.717) is 17.9 Å². The van der Waals surface area contributed by atoms with E-state index < -0.39 is 10.0 Å². The van der Waals surface area contributed by atoms with E-state index >= 15 is 0 Å². The summed E-state index contributed by atoms with van der Waals surface area (Å²) in [4.78, 5) is 4.27. The molecule has 0 N–H and O–H groups in total. The Morgan fingerprint density at radius 1 is 1.22 bits per heavy atom. The first-order valence-corrected chi connectivity index (χ1v) is 9.35. The van der Waals surface area contributed by atoms with Gasteiger partial charge in [0.25, 0.3) is 0 Å². The molecule has 0 bridgehead atoms. The fraction of sp³-hybridized carbons (Fsp3) is 0.267. The van der Waals surface area contributed by atoms with Crippen molar-refractivity contribution < 1.29 is 8.42 Å². The average molecular weight is 348 g/mol. The van der Waals surface area contributed by atoms with Crippen LogP contribution in [0.4, 0.5) is 11.4 Å². The lowest BCUT2D eigenvalue weighted by Crippen LogP contribution is -2.33. The molecule has 3 rings (SSSR count). The van der Waals surface area contributed by atoms with Crippen LogP contribution in [0.2, 0.25) is 0 Å². The zero-order valence-corrected chi connectivity index (χ0v) is 14.4. The minimum Gasteiger partial charge on any atom is -0.264 e.